The summed E-state index contributed by atoms with van der Waals surface area (Å²) in [5, 5.41) is 18.3. The van der Waals surface area contributed by atoms with Crippen molar-refractivity contribution in [3.05, 3.63) is 80.7 Å². The van der Waals surface area contributed by atoms with Gasteiger partial charge in [0, 0.05) is 17.0 Å². The van der Waals surface area contributed by atoms with Gasteiger partial charge in [-0.25, -0.2) is 27.9 Å². The second-order valence-corrected chi connectivity index (χ2v) is 10.9. The number of alkyl halides is 5. The molecule has 1 saturated heterocycles. The molecular formula is C26H21Cl2F5N8O4. The number of para-hydroxylation sites is 1. The Bertz CT molecular complexity index is 1820. The maximum atomic E-state index is 14.1. The van der Waals surface area contributed by atoms with Crippen molar-refractivity contribution in [2.75, 3.05) is 6.54 Å². The number of hydrogen-bond donors (Lipinski definition) is 2. The molecule has 5 rings (SSSR count). The fraction of sp³-hybridized carbons (Fsp3) is 0.308. The van der Waals surface area contributed by atoms with Gasteiger partial charge in [0.1, 0.15) is 18.9 Å². The van der Waals surface area contributed by atoms with Gasteiger partial charge >= 0.3 is 11.9 Å². The van der Waals surface area contributed by atoms with E-state index < -0.39 is 67.8 Å². The van der Waals surface area contributed by atoms with E-state index in [0.717, 1.165) is 15.7 Å². The number of carbonyl (C=O) groups excluding carboxylic acids is 2. The summed E-state index contributed by atoms with van der Waals surface area (Å²) in [6.45, 7) is -2.69. The molecule has 0 saturated carbocycles. The first-order valence-corrected chi connectivity index (χ1v) is 13.7. The number of hydrogen-bond acceptors (Lipinski definition) is 7. The largest absolute Gasteiger partial charge is 0.416 e. The molecule has 0 bridgehead atoms. The first-order valence-electron chi connectivity index (χ1n) is 12.9. The predicted molar refractivity (Wildman–Crippen MR) is 148 cm³/mol. The Hall–Kier alpha value is -4.35. The van der Waals surface area contributed by atoms with E-state index >= 15 is 0 Å². The Morgan fingerprint density at radius 1 is 1.11 bits per heavy atom. The Labute approximate surface area is 259 Å². The number of amides is 2. The van der Waals surface area contributed by atoms with Gasteiger partial charge in [-0.15, -0.1) is 10.2 Å². The summed E-state index contributed by atoms with van der Waals surface area (Å²) in [4.78, 5) is 43.1. The number of primary amides is 1. The average Bonchev–Trinajstić information content (AvgIpc) is 3.64. The molecule has 2 aromatic carbocycles. The standard InChI is InChI=1S/C26H21Cl2F5N8O4/c27-14-6-4-13(5-7-14)22-37-40(24(45)38(22)9-18(42)26(31,32)33)10-19-35-12-41(36-19)20-15(2-1-3-16(20)28)23(44)39-11-25(29,30)8-17(39)21(34)43/h1-7,12,17-18,42H,8-11H2,(H2,34,43)/t17-,18?/m0/s1. The van der Waals surface area contributed by atoms with Crippen molar-refractivity contribution in [3.8, 4) is 17.1 Å². The lowest BCUT2D eigenvalue weighted by atomic mass is 10.1. The topological polar surface area (TPSA) is 154 Å². The van der Waals surface area contributed by atoms with Gasteiger partial charge < -0.3 is 15.7 Å². The van der Waals surface area contributed by atoms with E-state index in [0.29, 0.717) is 14.5 Å². The first-order chi connectivity index (χ1) is 21.1. The van der Waals surface area contributed by atoms with Crippen molar-refractivity contribution >= 4 is 35.0 Å². The summed E-state index contributed by atoms with van der Waals surface area (Å²) in [6, 6.07) is 8.19. The molecule has 4 aromatic rings. The first kappa shape index (κ1) is 32.1. The van der Waals surface area contributed by atoms with E-state index in [-0.39, 0.29) is 33.5 Å². The molecule has 0 radical (unpaired) electrons. The number of nitrogens with zero attached hydrogens (tertiary/aromatic N) is 7. The zero-order valence-electron chi connectivity index (χ0n) is 22.6. The SMILES string of the molecule is NC(=O)[C@@H]1CC(F)(F)CN1C(=O)c1cccc(Cl)c1-n1cnc(Cn2nc(-c3ccc(Cl)cc3)n(CC(O)C(F)(F)F)c2=O)n1. The van der Waals surface area contributed by atoms with Crippen LogP contribution in [0.4, 0.5) is 22.0 Å². The molecule has 1 aliphatic heterocycles. The number of benzene rings is 2. The van der Waals surface area contributed by atoms with Gasteiger partial charge in [-0.3, -0.25) is 14.2 Å². The Kier molecular flexibility index (Phi) is 8.45. The number of rotatable bonds is 8. The zero-order valence-corrected chi connectivity index (χ0v) is 24.1. The van der Waals surface area contributed by atoms with Crippen LogP contribution in [0.1, 0.15) is 22.6 Å². The van der Waals surface area contributed by atoms with E-state index in [2.05, 4.69) is 15.2 Å². The van der Waals surface area contributed by atoms with Crippen LogP contribution in [0.3, 0.4) is 0 Å². The number of carbonyl (C=O) groups is 2. The summed E-state index contributed by atoms with van der Waals surface area (Å²) in [7, 11) is 0. The minimum absolute atomic E-state index is 0.0495. The van der Waals surface area contributed by atoms with Crippen LogP contribution in [0.15, 0.2) is 53.6 Å². The minimum atomic E-state index is -5.02. The summed E-state index contributed by atoms with van der Waals surface area (Å²) in [5.74, 6) is -5.76. The molecule has 1 aliphatic rings. The number of aromatic nitrogens is 6. The van der Waals surface area contributed by atoms with Crippen LogP contribution in [0, 0.1) is 0 Å². The van der Waals surface area contributed by atoms with Gasteiger partial charge in [-0.05, 0) is 36.4 Å². The normalized spacial score (nSPS) is 17.1. The van der Waals surface area contributed by atoms with Crippen molar-refractivity contribution < 1.29 is 36.6 Å². The molecule has 2 amide bonds. The van der Waals surface area contributed by atoms with Crippen LogP contribution < -0.4 is 11.4 Å². The van der Waals surface area contributed by atoms with Crippen LogP contribution in [0.2, 0.25) is 10.0 Å². The number of likely N-dealkylation sites (tertiary alicyclic amines) is 1. The van der Waals surface area contributed by atoms with Crippen molar-refractivity contribution in [1.29, 1.82) is 0 Å². The average molecular weight is 675 g/mol. The molecular weight excluding hydrogens is 654 g/mol. The Balaban J connectivity index is 1.49. The summed E-state index contributed by atoms with van der Waals surface area (Å²) < 4.78 is 70.2. The second-order valence-electron chi connectivity index (χ2n) is 10.1. The third-order valence-electron chi connectivity index (χ3n) is 6.89. The van der Waals surface area contributed by atoms with Gasteiger partial charge in [-0.2, -0.15) is 13.2 Å². The van der Waals surface area contributed by atoms with Crippen molar-refractivity contribution in [2.24, 2.45) is 5.73 Å². The predicted octanol–water partition coefficient (Wildman–Crippen LogP) is 2.91. The molecule has 238 valence electrons. The molecule has 1 fully saturated rings. The lowest BCUT2D eigenvalue weighted by molar-refractivity contribution is -0.207. The fourth-order valence-corrected chi connectivity index (χ4v) is 5.16. The molecule has 3 N–H and O–H groups in total. The van der Waals surface area contributed by atoms with Gasteiger partial charge in [-0.1, -0.05) is 29.3 Å². The van der Waals surface area contributed by atoms with E-state index in [1.54, 1.807) is 0 Å². The molecule has 0 spiro atoms. The van der Waals surface area contributed by atoms with Crippen molar-refractivity contribution in [2.45, 2.75) is 43.8 Å². The van der Waals surface area contributed by atoms with Crippen LogP contribution in [-0.4, -0.2) is 81.7 Å². The second kappa shape index (κ2) is 11.9. The van der Waals surface area contributed by atoms with Crippen LogP contribution in [0.5, 0.6) is 0 Å². The van der Waals surface area contributed by atoms with Gasteiger partial charge in [0.2, 0.25) is 5.91 Å². The molecule has 1 unspecified atom stereocenters. The summed E-state index contributed by atoms with van der Waals surface area (Å²) >= 11 is 12.3. The molecule has 2 atom stereocenters. The fourth-order valence-electron chi connectivity index (χ4n) is 4.77. The molecule has 2 aromatic heterocycles. The molecule has 19 heteroatoms. The van der Waals surface area contributed by atoms with Crippen molar-refractivity contribution in [1.82, 2.24) is 34.0 Å². The highest BCUT2D eigenvalue weighted by Crippen LogP contribution is 2.35. The molecule has 3 heterocycles. The molecule has 12 nitrogen and oxygen atoms in total. The lowest BCUT2D eigenvalue weighted by Gasteiger charge is -2.23. The van der Waals surface area contributed by atoms with Gasteiger partial charge in [0.25, 0.3) is 11.8 Å². The summed E-state index contributed by atoms with van der Waals surface area (Å²) in [6.07, 6.45) is -7.74. The van der Waals surface area contributed by atoms with Gasteiger partial charge in [0.05, 0.1) is 29.4 Å². The monoisotopic (exact) mass is 674 g/mol. The molecule has 45 heavy (non-hydrogen) atoms. The van der Waals surface area contributed by atoms with E-state index in [9.17, 15) is 41.4 Å². The Morgan fingerprint density at radius 3 is 2.44 bits per heavy atom. The van der Waals surface area contributed by atoms with E-state index in [1.807, 2.05) is 0 Å². The molecule has 0 aliphatic carbocycles. The van der Waals surface area contributed by atoms with Crippen LogP contribution in [-0.2, 0) is 17.9 Å². The lowest BCUT2D eigenvalue weighted by Crippen LogP contribution is -2.44. The Morgan fingerprint density at radius 2 is 1.80 bits per heavy atom. The zero-order chi connectivity index (χ0) is 32.8. The highest BCUT2D eigenvalue weighted by Gasteiger charge is 2.50. The van der Waals surface area contributed by atoms with Crippen LogP contribution in [0.25, 0.3) is 17.1 Å². The number of aliphatic hydroxyl groups is 1. The minimum Gasteiger partial charge on any atom is -0.382 e. The van der Waals surface area contributed by atoms with E-state index in [4.69, 9.17) is 28.9 Å². The quantitative estimate of drug-likeness (QED) is 0.273. The maximum absolute atomic E-state index is 14.1. The van der Waals surface area contributed by atoms with E-state index in [1.165, 1.54) is 42.5 Å². The van der Waals surface area contributed by atoms with Gasteiger partial charge in [0.15, 0.2) is 17.8 Å². The number of aliphatic hydroxyl groups excluding tert-OH is 1. The smallest absolute Gasteiger partial charge is 0.382 e. The summed E-state index contributed by atoms with van der Waals surface area (Å²) in [5.41, 5.74) is 4.16. The van der Waals surface area contributed by atoms with Crippen molar-refractivity contribution in [3.63, 3.8) is 0 Å². The third-order valence-corrected chi connectivity index (χ3v) is 7.45. The number of halogens is 7. The highest BCUT2D eigenvalue weighted by molar-refractivity contribution is 6.33. The maximum Gasteiger partial charge on any atom is 0.416 e. The highest BCUT2D eigenvalue weighted by atomic mass is 35.5. The third kappa shape index (κ3) is 6.55. The number of nitrogens with two attached hydrogens (primary N) is 1. The van der Waals surface area contributed by atoms with Crippen LogP contribution >= 0.6 is 23.2 Å².